The van der Waals surface area contributed by atoms with Gasteiger partial charge in [0.05, 0.1) is 29.8 Å². The molecule has 0 aromatic carbocycles. The highest BCUT2D eigenvalue weighted by Crippen LogP contribution is 2.42. The minimum atomic E-state index is -1.69. The number of esters is 1. The van der Waals surface area contributed by atoms with Crippen LogP contribution in [0.15, 0.2) is 0 Å². The molecule has 0 radical (unpaired) electrons. The Morgan fingerprint density at radius 2 is 1.61 bits per heavy atom. The highest BCUT2D eigenvalue weighted by molar-refractivity contribution is 5.73. The minimum Gasteiger partial charge on any atom is -0.459 e. The first-order chi connectivity index (χ1) is 21.3. The van der Waals surface area contributed by atoms with E-state index in [1.54, 1.807) is 21.0 Å². The lowest BCUT2D eigenvalue weighted by atomic mass is 9.75. The number of hydrogen-bond donors (Lipinski definition) is 6. The number of rotatable bonds is 7. The number of cyclic esters (lactones) is 1. The summed E-state index contributed by atoms with van der Waals surface area (Å²) < 4.78 is 24.9. The summed E-state index contributed by atoms with van der Waals surface area (Å²) in [6, 6.07) is 0.278. The van der Waals surface area contributed by atoms with Crippen LogP contribution in [0.2, 0.25) is 0 Å². The third-order valence-electron chi connectivity index (χ3n) is 11.4. The fraction of sp³-hybridized carbons (Fsp3) is 0.971. The number of hydrogen-bond acceptors (Lipinski definition) is 11. The van der Waals surface area contributed by atoms with Crippen LogP contribution in [0, 0.1) is 17.8 Å². The quantitative estimate of drug-likeness (QED) is 0.223. The van der Waals surface area contributed by atoms with E-state index in [0.717, 1.165) is 12.8 Å². The lowest BCUT2D eigenvalue weighted by molar-refractivity contribution is -0.328. The molecule has 11 nitrogen and oxygen atoms in total. The summed E-state index contributed by atoms with van der Waals surface area (Å²) in [4.78, 5) is 13.8. The molecule has 0 amide bonds. The van der Waals surface area contributed by atoms with Gasteiger partial charge >= 0.3 is 5.97 Å². The van der Waals surface area contributed by atoms with Gasteiger partial charge in [0.15, 0.2) is 6.29 Å². The smallest absolute Gasteiger partial charge is 0.311 e. The van der Waals surface area contributed by atoms with Gasteiger partial charge in [-0.1, -0.05) is 33.6 Å². The maximum absolute atomic E-state index is 13.8. The second-order valence-electron chi connectivity index (χ2n) is 15.7. The molecule has 1 unspecified atom stereocenters. The van der Waals surface area contributed by atoms with E-state index < -0.39 is 65.0 Å². The number of aliphatic hydroxyl groups excluding tert-OH is 1. The zero-order valence-corrected chi connectivity index (χ0v) is 30.2. The van der Waals surface area contributed by atoms with Crippen molar-refractivity contribution in [1.29, 1.82) is 0 Å². The third-order valence-corrected chi connectivity index (χ3v) is 11.4. The molecule has 3 aliphatic rings. The molecule has 2 saturated heterocycles. The van der Waals surface area contributed by atoms with Crippen LogP contribution in [0.1, 0.15) is 114 Å². The van der Waals surface area contributed by atoms with E-state index in [4.69, 9.17) is 18.9 Å². The molecule has 0 spiro atoms. The van der Waals surface area contributed by atoms with Crippen molar-refractivity contribution in [2.75, 3.05) is 20.2 Å². The number of carbonyl (C=O) groups excluding carboxylic acids is 1. The Balaban J connectivity index is 1.90. The SMILES string of the molecule is CC[C@@H]1OC(=O)[C@H](C)[C@H](OC2C[C@@](C)(OC)[C@](O)(CNC3CCCC3)[C@H](C)O2)[C@@H](C)C[C@](C)(O)C[C@@H](C)NC[C@@H](C)[C@H](O)[C@]1(C)O. The lowest BCUT2D eigenvalue weighted by Gasteiger charge is -2.53. The summed E-state index contributed by atoms with van der Waals surface area (Å²) >= 11 is 0. The predicted molar refractivity (Wildman–Crippen MR) is 176 cm³/mol. The van der Waals surface area contributed by atoms with Crippen molar-refractivity contribution >= 4 is 5.97 Å². The number of nitrogens with one attached hydrogen (secondary N) is 2. The second-order valence-corrected chi connectivity index (χ2v) is 15.7. The number of carbonyl (C=O) groups is 1. The topological polar surface area (TPSA) is 159 Å². The maximum Gasteiger partial charge on any atom is 0.311 e. The normalized spacial score (nSPS) is 47.6. The Morgan fingerprint density at radius 3 is 2.20 bits per heavy atom. The van der Waals surface area contributed by atoms with Crippen molar-refractivity contribution in [2.24, 2.45) is 17.8 Å². The Morgan fingerprint density at radius 1 is 0.978 bits per heavy atom. The van der Waals surface area contributed by atoms with Crippen LogP contribution >= 0.6 is 0 Å². The molecular weight excluding hydrogens is 592 g/mol. The fourth-order valence-electron chi connectivity index (χ4n) is 8.22. The van der Waals surface area contributed by atoms with Crippen molar-refractivity contribution < 1.29 is 44.2 Å². The van der Waals surface area contributed by atoms with Gasteiger partial charge in [-0.25, -0.2) is 0 Å². The first kappa shape index (κ1) is 39.5. The zero-order valence-electron chi connectivity index (χ0n) is 30.2. The van der Waals surface area contributed by atoms with Gasteiger partial charge in [0.25, 0.3) is 0 Å². The van der Waals surface area contributed by atoms with Crippen molar-refractivity contribution in [1.82, 2.24) is 10.6 Å². The van der Waals surface area contributed by atoms with Gasteiger partial charge in [0.1, 0.15) is 22.9 Å². The average molecular weight is 659 g/mol. The molecule has 6 N–H and O–H groups in total. The first-order valence-electron chi connectivity index (χ1n) is 17.7. The van der Waals surface area contributed by atoms with Crippen LogP contribution < -0.4 is 10.6 Å². The van der Waals surface area contributed by atoms with Crippen LogP contribution in [0.4, 0.5) is 0 Å². The van der Waals surface area contributed by atoms with E-state index in [1.807, 2.05) is 41.5 Å². The summed E-state index contributed by atoms with van der Waals surface area (Å²) in [5.41, 5.74) is -5.13. The minimum absolute atomic E-state index is 0.0796. The summed E-state index contributed by atoms with van der Waals surface area (Å²) in [5, 5.41) is 53.0. The standard InChI is InChI=1S/C35H66N2O9/c1-11-27-34(9,41)30(38)22(3)19-36-23(4)17-32(7,40)16-21(2)29(24(5)31(39)45-27)46-28-18-33(8,43-10)35(42,25(6)44-28)20-37-26-14-12-13-15-26/h21-30,36-38,40-42H,11-20H2,1-10H3/t21-,22+,23+,24+,25-,27-,28?,29+,30-,32-,33+,34+,35-/m0/s1. The van der Waals surface area contributed by atoms with E-state index in [9.17, 15) is 25.2 Å². The average Bonchev–Trinajstić information content (AvgIpc) is 3.51. The molecule has 2 heterocycles. The molecular formula is C35H66N2O9. The second kappa shape index (κ2) is 15.8. The predicted octanol–water partition coefficient (Wildman–Crippen LogP) is 3.04. The van der Waals surface area contributed by atoms with E-state index in [1.165, 1.54) is 19.8 Å². The fourth-order valence-corrected chi connectivity index (χ4v) is 8.22. The molecule has 46 heavy (non-hydrogen) atoms. The van der Waals surface area contributed by atoms with E-state index in [0.29, 0.717) is 38.4 Å². The molecule has 3 rings (SSSR count). The van der Waals surface area contributed by atoms with Gasteiger partial charge in [0.2, 0.25) is 0 Å². The summed E-state index contributed by atoms with van der Waals surface area (Å²) in [7, 11) is 1.58. The monoisotopic (exact) mass is 658 g/mol. The van der Waals surface area contributed by atoms with Gasteiger partial charge in [0, 0.05) is 38.7 Å². The summed E-state index contributed by atoms with van der Waals surface area (Å²) in [5.74, 6) is -2.03. The summed E-state index contributed by atoms with van der Waals surface area (Å²) in [6.45, 7) is 17.0. The molecule has 3 fully saturated rings. The molecule has 0 aromatic heterocycles. The Kier molecular flexibility index (Phi) is 13.6. The Labute approximate surface area is 277 Å². The number of ether oxygens (including phenoxy) is 4. The molecule has 2 aliphatic heterocycles. The number of aliphatic hydroxyl groups is 4. The highest BCUT2D eigenvalue weighted by atomic mass is 16.7. The van der Waals surface area contributed by atoms with Crippen LogP contribution in [-0.4, -0.2) is 112 Å². The van der Waals surface area contributed by atoms with Crippen LogP contribution in [0.25, 0.3) is 0 Å². The van der Waals surface area contributed by atoms with Crippen molar-refractivity contribution in [3.05, 3.63) is 0 Å². The van der Waals surface area contributed by atoms with Gasteiger partial charge in [-0.05, 0) is 85.5 Å². The Bertz CT molecular complexity index is 976. The zero-order chi connectivity index (χ0) is 34.7. The van der Waals surface area contributed by atoms with E-state index >= 15 is 0 Å². The van der Waals surface area contributed by atoms with Crippen LogP contribution in [0.5, 0.6) is 0 Å². The van der Waals surface area contributed by atoms with Crippen molar-refractivity contribution in [2.45, 2.75) is 179 Å². The van der Waals surface area contributed by atoms with Crippen LogP contribution in [-0.2, 0) is 23.7 Å². The summed E-state index contributed by atoms with van der Waals surface area (Å²) in [6.07, 6.45) is 1.50. The van der Waals surface area contributed by atoms with Gasteiger partial charge in [-0.15, -0.1) is 0 Å². The molecule has 11 heteroatoms. The molecule has 270 valence electrons. The van der Waals surface area contributed by atoms with Crippen molar-refractivity contribution in [3.8, 4) is 0 Å². The number of methoxy groups -OCH3 is 1. The first-order valence-corrected chi connectivity index (χ1v) is 17.7. The van der Waals surface area contributed by atoms with E-state index in [2.05, 4.69) is 10.6 Å². The van der Waals surface area contributed by atoms with Gasteiger partial charge in [-0.3, -0.25) is 4.79 Å². The molecule has 1 saturated carbocycles. The van der Waals surface area contributed by atoms with Gasteiger partial charge < -0.3 is 50.0 Å². The van der Waals surface area contributed by atoms with Crippen molar-refractivity contribution in [3.63, 3.8) is 0 Å². The molecule has 0 bridgehead atoms. The largest absolute Gasteiger partial charge is 0.459 e. The molecule has 1 aliphatic carbocycles. The Hall–Kier alpha value is -0.890. The lowest BCUT2D eigenvalue weighted by Crippen LogP contribution is -2.70. The van der Waals surface area contributed by atoms with Crippen LogP contribution in [0.3, 0.4) is 0 Å². The molecule has 13 atom stereocenters. The highest BCUT2D eigenvalue weighted by Gasteiger charge is 2.58. The third kappa shape index (κ3) is 9.01. The van der Waals surface area contributed by atoms with E-state index in [-0.39, 0.29) is 24.3 Å². The van der Waals surface area contributed by atoms with Gasteiger partial charge in [-0.2, -0.15) is 0 Å². The molecule has 0 aromatic rings. The maximum atomic E-state index is 13.8.